The number of ether oxygens (including phenoxy) is 1. The molecular formula is C17H26N4OS. The molecule has 2 N–H and O–H groups in total. The molecule has 23 heavy (non-hydrogen) atoms. The Morgan fingerprint density at radius 2 is 1.70 bits per heavy atom. The number of nitrogens with two attached hydrogens (primary N) is 1. The monoisotopic (exact) mass is 334 g/mol. The van der Waals surface area contributed by atoms with Gasteiger partial charge < -0.3 is 15.4 Å². The summed E-state index contributed by atoms with van der Waals surface area (Å²) in [4.78, 5) is 9.16. The molecule has 0 spiro atoms. The van der Waals surface area contributed by atoms with E-state index in [0.29, 0.717) is 12.5 Å². The molecule has 0 amide bonds. The first-order valence-corrected chi connectivity index (χ1v) is 9.47. The van der Waals surface area contributed by atoms with E-state index >= 15 is 0 Å². The molecule has 1 aromatic rings. The van der Waals surface area contributed by atoms with Gasteiger partial charge in [-0.1, -0.05) is 24.3 Å². The van der Waals surface area contributed by atoms with Crippen molar-refractivity contribution in [3.05, 3.63) is 35.4 Å². The molecule has 2 aliphatic rings. The minimum atomic E-state index is 0.660. The van der Waals surface area contributed by atoms with Gasteiger partial charge in [-0.3, -0.25) is 4.90 Å². The summed E-state index contributed by atoms with van der Waals surface area (Å²) in [6, 6.07) is 8.74. The third-order valence-corrected chi connectivity index (χ3v) is 5.23. The average Bonchev–Trinajstić information content (AvgIpc) is 2.62. The second-order valence-electron chi connectivity index (χ2n) is 5.98. The molecule has 0 atom stereocenters. The van der Waals surface area contributed by atoms with Gasteiger partial charge in [0.25, 0.3) is 0 Å². The zero-order valence-electron chi connectivity index (χ0n) is 13.6. The maximum absolute atomic E-state index is 6.10. The summed E-state index contributed by atoms with van der Waals surface area (Å²) in [5, 5.41) is 0. The number of hydrogen-bond acceptors (Lipinski definition) is 4. The van der Waals surface area contributed by atoms with E-state index in [0.717, 1.165) is 57.4 Å². The van der Waals surface area contributed by atoms with E-state index in [1.165, 1.54) is 11.1 Å². The second-order valence-corrected chi connectivity index (χ2v) is 7.20. The van der Waals surface area contributed by atoms with Crippen LogP contribution in [0.2, 0.25) is 0 Å². The smallest absolute Gasteiger partial charge is 0.191 e. The van der Waals surface area contributed by atoms with Crippen LogP contribution in [0, 0.1) is 0 Å². The van der Waals surface area contributed by atoms with Gasteiger partial charge in [0.05, 0.1) is 19.8 Å². The van der Waals surface area contributed by atoms with Crippen molar-refractivity contribution in [1.82, 2.24) is 9.80 Å². The maximum atomic E-state index is 6.10. The predicted octanol–water partition coefficient (Wildman–Crippen LogP) is 1.38. The molecule has 1 aromatic carbocycles. The van der Waals surface area contributed by atoms with E-state index in [1.807, 2.05) is 11.8 Å². The lowest BCUT2D eigenvalue weighted by Crippen LogP contribution is -2.42. The van der Waals surface area contributed by atoms with E-state index in [9.17, 15) is 0 Å². The lowest BCUT2D eigenvalue weighted by atomic mass is 10.1. The average molecular weight is 334 g/mol. The summed E-state index contributed by atoms with van der Waals surface area (Å²) in [7, 11) is 0. The van der Waals surface area contributed by atoms with Gasteiger partial charge in [-0.2, -0.15) is 11.8 Å². The van der Waals surface area contributed by atoms with Crippen molar-refractivity contribution in [2.24, 2.45) is 10.7 Å². The number of guanidine groups is 1. The topological polar surface area (TPSA) is 54.1 Å². The zero-order chi connectivity index (χ0) is 15.9. The fraction of sp³-hybridized carbons (Fsp3) is 0.588. The summed E-state index contributed by atoms with van der Waals surface area (Å²) in [6.45, 7) is 7.43. The van der Waals surface area contributed by atoms with Crippen LogP contribution >= 0.6 is 11.8 Å². The molecule has 126 valence electrons. The predicted molar refractivity (Wildman–Crippen MR) is 96.8 cm³/mol. The highest BCUT2D eigenvalue weighted by molar-refractivity contribution is 7.99. The summed E-state index contributed by atoms with van der Waals surface area (Å²) >= 11 is 1.98. The quantitative estimate of drug-likeness (QED) is 0.666. The van der Waals surface area contributed by atoms with E-state index in [-0.39, 0.29) is 0 Å². The minimum Gasteiger partial charge on any atom is -0.379 e. The molecule has 6 heteroatoms. The highest BCUT2D eigenvalue weighted by atomic mass is 32.2. The largest absolute Gasteiger partial charge is 0.379 e. The van der Waals surface area contributed by atoms with Gasteiger partial charge in [-0.25, -0.2) is 4.99 Å². The molecular weight excluding hydrogens is 308 g/mol. The molecule has 0 aliphatic carbocycles. The number of nitrogens with zero attached hydrogens (tertiary/aromatic N) is 3. The number of aliphatic imine (C=N–C) groups is 1. The number of morpholine rings is 1. The molecule has 0 radical (unpaired) electrons. The van der Waals surface area contributed by atoms with Crippen LogP contribution in [0.15, 0.2) is 29.3 Å². The number of hydrogen-bond donors (Lipinski definition) is 1. The minimum absolute atomic E-state index is 0.660. The first-order valence-electron chi connectivity index (χ1n) is 8.32. The Kier molecular flexibility index (Phi) is 6.19. The van der Waals surface area contributed by atoms with Crippen molar-refractivity contribution >= 4 is 17.7 Å². The summed E-state index contributed by atoms with van der Waals surface area (Å²) in [5.41, 5.74) is 8.66. The van der Waals surface area contributed by atoms with Crippen LogP contribution < -0.4 is 5.73 Å². The van der Waals surface area contributed by atoms with Crippen molar-refractivity contribution in [2.75, 3.05) is 50.9 Å². The highest BCUT2D eigenvalue weighted by Crippen LogP contribution is 2.11. The van der Waals surface area contributed by atoms with E-state index in [1.54, 1.807) is 0 Å². The molecule has 3 rings (SSSR count). The molecule has 2 saturated heterocycles. The van der Waals surface area contributed by atoms with Crippen LogP contribution in [0.3, 0.4) is 0 Å². The van der Waals surface area contributed by atoms with Gasteiger partial charge in [-0.15, -0.1) is 0 Å². The molecule has 0 bridgehead atoms. The Labute approximate surface area is 142 Å². The van der Waals surface area contributed by atoms with Crippen molar-refractivity contribution in [3.8, 4) is 0 Å². The van der Waals surface area contributed by atoms with Crippen LogP contribution in [0.5, 0.6) is 0 Å². The Morgan fingerprint density at radius 3 is 2.39 bits per heavy atom. The Morgan fingerprint density at radius 1 is 1.04 bits per heavy atom. The van der Waals surface area contributed by atoms with Crippen LogP contribution in [0.1, 0.15) is 11.1 Å². The van der Waals surface area contributed by atoms with E-state index < -0.39 is 0 Å². The standard InChI is InChI=1S/C17H26N4OS/c18-17(21-7-11-23-12-8-21)19-13-15-1-3-16(4-2-15)14-20-5-9-22-10-6-20/h1-4H,5-14H2,(H2,18,19). The van der Waals surface area contributed by atoms with Crippen molar-refractivity contribution in [3.63, 3.8) is 0 Å². The third-order valence-electron chi connectivity index (χ3n) is 4.29. The SMILES string of the molecule is NC(=NCc1ccc(CN2CCOCC2)cc1)N1CCSCC1. The summed E-state index contributed by atoms with van der Waals surface area (Å²) in [6.07, 6.45) is 0. The summed E-state index contributed by atoms with van der Waals surface area (Å²) < 4.78 is 5.39. The van der Waals surface area contributed by atoms with Gasteiger partial charge >= 0.3 is 0 Å². The van der Waals surface area contributed by atoms with Crippen LogP contribution in [0.4, 0.5) is 0 Å². The Bertz CT molecular complexity index is 508. The Hall–Kier alpha value is -1.24. The first-order chi connectivity index (χ1) is 11.3. The number of rotatable bonds is 4. The second kappa shape index (κ2) is 8.57. The maximum Gasteiger partial charge on any atom is 0.191 e. The third kappa shape index (κ3) is 5.12. The van der Waals surface area contributed by atoms with Crippen molar-refractivity contribution in [1.29, 1.82) is 0 Å². The van der Waals surface area contributed by atoms with E-state index in [4.69, 9.17) is 10.5 Å². The normalized spacial score (nSPS) is 20.7. The lowest BCUT2D eigenvalue weighted by molar-refractivity contribution is 0.0342. The van der Waals surface area contributed by atoms with Gasteiger partial charge in [0, 0.05) is 44.2 Å². The molecule has 0 aromatic heterocycles. The van der Waals surface area contributed by atoms with Crippen LogP contribution in [-0.2, 0) is 17.8 Å². The molecule has 5 nitrogen and oxygen atoms in total. The molecule has 0 unspecified atom stereocenters. The molecule has 2 fully saturated rings. The highest BCUT2D eigenvalue weighted by Gasteiger charge is 2.12. The van der Waals surface area contributed by atoms with Crippen LogP contribution in [-0.4, -0.2) is 66.7 Å². The number of thioether (sulfide) groups is 1. The van der Waals surface area contributed by atoms with Crippen molar-refractivity contribution in [2.45, 2.75) is 13.1 Å². The van der Waals surface area contributed by atoms with Gasteiger partial charge in [0.2, 0.25) is 0 Å². The van der Waals surface area contributed by atoms with Gasteiger partial charge in [-0.05, 0) is 11.1 Å². The van der Waals surface area contributed by atoms with Gasteiger partial charge in [0.1, 0.15) is 0 Å². The van der Waals surface area contributed by atoms with Crippen LogP contribution in [0.25, 0.3) is 0 Å². The Balaban J connectivity index is 1.50. The van der Waals surface area contributed by atoms with E-state index in [2.05, 4.69) is 39.1 Å². The first kappa shape index (κ1) is 16.6. The zero-order valence-corrected chi connectivity index (χ0v) is 14.4. The lowest BCUT2D eigenvalue weighted by Gasteiger charge is -2.27. The molecule has 2 heterocycles. The van der Waals surface area contributed by atoms with Crippen molar-refractivity contribution < 1.29 is 4.74 Å². The fourth-order valence-electron chi connectivity index (χ4n) is 2.83. The number of benzene rings is 1. The molecule has 0 saturated carbocycles. The van der Waals surface area contributed by atoms with Gasteiger partial charge in [0.15, 0.2) is 5.96 Å². The molecule has 2 aliphatic heterocycles. The fourth-order valence-corrected chi connectivity index (χ4v) is 3.74. The summed E-state index contributed by atoms with van der Waals surface area (Å²) in [5.74, 6) is 2.97.